The van der Waals surface area contributed by atoms with E-state index in [1.165, 1.54) is 0 Å². The lowest BCUT2D eigenvalue weighted by Crippen LogP contribution is -2.33. The number of carbonyl (C=O) groups is 2. The van der Waals surface area contributed by atoms with Crippen molar-refractivity contribution in [3.63, 3.8) is 0 Å². The summed E-state index contributed by atoms with van der Waals surface area (Å²) in [6.07, 6.45) is 1.22. The quantitative estimate of drug-likeness (QED) is 0.732. The van der Waals surface area contributed by atoms with Crippen molar-refractivity contribution in [1.82, 2.24) is 5.32 Å². The van der Waals surface area contributed by atoms with E-state index in [4.69, 9.17) is 12.2 Å². The summed E-state index contributed by atoms with van der Waals surface area (Å²) in [5.41, 5.74) is 1.47. The lowest BCUT2D eigenvalue weighted by Gasteiger charge is -2.11. The predicted octanol–water partition coefficient (Wildman–Crippen LogP) is 2.89. The summed E-state index contributed by atoms with van der Waals surface area (Å²) >= 11 is 5.05. The zero-order valence-corrected chi connectivity index (χ0v) is 13.3. The maximum Gasteiger partial charge on any atom is 0.226 e. The SMILES string of the molecule is CCCC(=O)NC(=S)Nc1ccc(NC(=O)C(C)C)cc1. The molecule has 2 amide bonds. The van der Waals surface area contributed by atoms with Crippen molar-refractivity contribution >= 4 is 40.5 Å². The van der Waals surface area contributed by atoms with E-state index in [0.29, 0.717) is 6.42 Å². The molecule has 1 aromatic carbocycles. The number of thiocarbonyl (C=S) groups is 1. The zero-order chi connectivity index (χ0) is 15.8. The lowest BCUT2D eigenvalue weighted by molar-refractivity contribution is -0.120. The highest BCUT2D eigenvalue weighted by Crippen LogP contribution is 2.14. The van der Waals surface area contributed by atoms with E-state index >= 15 is 0 Å². The van der Waals surface area contributed by atoms with Crippen LogP contribution in [0.15, 0.2) is 24.3 Å². The summed E-state index contributed by atoms with van der Waals surface area (Å²) in [6.45, 7) is 5.60. The molecule has 114 valence electrons. The second kappa shape index (κ2) is 8.36. The summed E-state index contributed by atoms with van der Waals surface area (Å²) in [7, 11) is 0. The third-order valence-corrected chi connectivity index (χ3v) is 2.87. The molecule has 21 heavy (non-hydrogen) atoms. The summed E-state index contributed by atoms with van der Waals surface area (Å²) in [6, 6.07) is 7.13. The molecule has 0 unspecified atom stereocenters. The van der Waals surface area contributed by atoms with Gasteiger partial charge in [0, 0.05) is 23.7 Å². The first kappa shape index (κ1) is 17.1. The van der Waals surface area contributed by atoms with Gasteiger partial charge >= 0.3 is 0 Å². The molecule has 0 fully saturated rings. The van der Waals surface area contributed by atoms with Crippen LogP contribution in [0, 0.1) is 5.92 Å². The maximum absolute atomic E-state index is 11.6. The molecular formula is C15H21N3O2S. The van der Waals surface area contributed by atoms with Crippen LogP contribution < -0.4 is 16.0 Å². The van der Waals surface area contributed by atoms with E-state index in [-0.39, 0.29) is 22.8 Å². The van der Waals surface area contributed by atoms with Gasteiger partial charge in [0.15, 0.2) is 5.11 Å². The molecule has 0 spiro atoms. The van der Waals surface area contributed by atoms with Gasteiger partial charge in [0.05, 0.1) is 0 Å². The van der Waals surface area contributed by atoms with E-state index in [2.05, 4.69) is 16.0 Å². The molecule has 6 heteroatoms. The van der Waals surface area contributed by atoms with Crippen LogP contribution in [0.3, 0.4) is 0 Å². The van der Waals surface area contributed by atoms with Crippen LogP contribution in [0.25, 0.3) is 0 Å². The highest BCUT2D eigenvalue weighted by molar-refractivity contribution is 7.80. The molecule has 0 saturated heterocycles. The summed E-state index contributed by atoms with van der Waals surface area (Å²) in [5.74, 6) is -0.196. The first-order valence-corrected chi connectivity index (χ1v) is 7.35. The van der Waals surface area contributed by atoms with Crippen LogP contribution >= 0.6 is 12.2 Å². The number of hydrogen-bond donors (Lipinski definition) is 3. The van der Waals surface area contributed by atoms with E-state index in [9.17, 15) is 9.59 Å². The largest absolute Gasteiger partial charge is 0.332 e. The zero-order valence-electron chi connectivity index (χ0n) is 12.5. The molecule has 5 nitrogen and oxygen atoms in total. The molecule has 0 radical (unpaired) electrons. The summed E-state index contributed by atoms with van der Waals surface area (Å²) < 4.78 is 0. The van der Waals surface area contributed by atoms with Crippen molar-refractivity contribution in [3.05, 3.63) is 24.3 Å². The molecular weight excluding hydrogens is 286 g/mol. The monoisotopic (exact) mass is 307 g/mol. The van der Waals surface area contributed by atoms with Crippen LogP contribution in [-0.4, -0.2) is 16.9 Å². The molecule has 0 bridgehead atoms. The number of anilines is 2. The van der Waals surface area contributed by atoms with Gasteiger partial charge in [-0.2, -0.15) is 0 Å². The van der Waals surface area contributed by atoms with E-state index in [1.807, 2.05) is 20.8 Å². The summed E-state index contributed by atoms with van der Waals surface area (Å²) in [4.78, 5) is 23.0. The number of nitrogens with one attached hydrogen (secondary N) is 3. The Bertz CT molecular complexity index is 512. The number of hydrogen-bond acceptors (Lipinski definition) is 3. The Labute approximate surface area is 130 Å². The van der Waals surface area contributed by atoms with Crippen LogP contribution in [0.5, 0.6) is 0 Å². The standard InChI is InChI=1S/C15H21N3O2S/c1-4-5-13(19)18-15(21)17-12-8-6-11(7-9-12)16-14(20)10(2)3/h6-10H,4-5H2,1-3H3,(H,16,20)(H2,17,18,19,21). The highest BCUT2D eigenvalue weighted by atomic mass is 32.1. The Balaban J connectivity index is 2.52. The molecule has 0 aromatic heterocycles. The smallest absolute Gasteiger partial charge is 0.226 e. The second-order valence-corrected chi connectivity index (χ2v) is 5.38. The molecule has 0 heterocycles. The average Bonchev–Trinajstić information content (AvgIpc) is 2.40. The molecule has 0 aliphatic rings. The van der Waals surface area contributed by atoms with E-state index in [1.54, 1.807) is 24.3 Å². The Morgan fingerprint density at radius 2 is 1.62 bits per heavy atom. The number of amides is 2. The molecule has 0 aliphatic heterocycles. The van der Waals surface area contributed by atoms with Gasteiger partial charge in [-0.25, -0.2) is 0 Å². The minimum absolute atomic E-state index is 0.0296. The van der Waals surface area contributed by atoms with Gasteiger partial charge in [0.2, 0.25) is 11.8 Å². The van der Waals surface area contributed by atoms with Gasteiger partial charge in [-0.05, 0) is 42.9 Å². The first-order valence-electron chi connectivity index (χ1n) is 6.94. The van der Waals surface area contributed by atoms with Crippen molar-refractivity contribution in [2.24, 2.45) is 5.92 Å². The lowest BCUT2D eigenvalue weighted by atomic mass is 10.2. The van der Waals surface area contributed by atoms with Crippen molar-refractivity contribution in [1.29, 1.82) is 0 Å². The normalized spacial score (nSPS) is 10.1. The van der Waals surface area contributed by atoms with Crippen LogP contribution in [0.4, 0.5) is 11.4 Å². The van der Waals surface area contributed by atoms with E-state index in [0.717, 1.165) is 17.8 Å². The van der Waals surface area contributed by atoms with Gasteiger partial charge in [0.1, 0.15) is 0 Å². The van der Waals surface area contributed by atoms with Gasteiger partial charge in [0.25, 0.3) is 0 Å². The molecule has 0 saturated carbocycles. The second-order valence-electron chi connectivity index (χ2n) is 4.97. The minimum Gasteiger partial charge on any atom is -0.332 e. The van der Waals surface area contributed by atoms with Crippen LogP contribution in [0.1, 0.15) is 33.6 Å². The Kier molecular flexibility index (Phi) is 6.81. The molecule has 0 atom stereocenters. The number of carbonyl (C=O) groups excluding carboxylic acids is 2. The van der Waals surface area contributed by atoms with Crippen LogP contribution in [0.2, 0.25) is 0 Å². The molecule has 1 aromatic rings. The average molecular weight is 307 g/mol. The van der Waals surface area contributed by atoms with Gasteiger partial charge in [-0.1, -0.05) is 20.8 Å². The predicted molar refractivity (Wildman–Crippen MR) is 89.2 cm³/mol. The van der Waals surface area contributed by atoms with Gasteiger partial charge in [-0.15, -0.1) is 0 Å². The topological polar surface area (TPSA) is 70.2 Å². The highest BCUT2D eigenvalue weighted by Gasteiger charge is 2.07. The summed E-state index contributed by atoms with van der Waals surface area (Å²) in [5, 5.41) is 8.60. The number of rotatable bonds is 5. The third-order valence-electron chi connectivity index (χ3n) is 2.66. The molecule has 1 rings (SSSR count). The van der Waals surface area contributed by atoms with Crippen molar-refractivity contribution < 1.29 is 9.59 Å². The van der Waals surface area contributed by atoms with E-state index < -0.39 is 0 Å². The van der Waals surface area contributed by atoms with Crippen molar-refractivity contribution in [2.45, 2.75) is 33.6 Å². The van der Waals surface area contributed by atoms with Gasteiger partial charge < -0.3 is 16.0 Å². The fourth-order valence-corrected chi connectivity index (χ4v) is 1.73. The Morgan fingerprint density at radius 1 is 1.10 bits per heavy atom. The Hall–Kier alpha value is -1.95. The van der Waals surface area contributed by atoms with Crippen molar-refractivity contribution in [2.75, 3.05) is 10.6 Å². The molecule has 3 N–H and O–H groups in total. The Morgan fingerprint density at radius 3 is 2.10 bits per heavy atom. The molecule has 0 aliphatic carbocycles. The fourth-order valence-electron chi connectivity index (χ4n) is 1.50. The third kappa shape index (κ3) is 6.35. The van der Waals surface area contributed by atoms with Gasteiger partial charge in [-0.3, -0.25) is 9.59 Å². The minimum atomic E-state index is -0.101. The fraction of sp³-hybridized carbons (Fsp3) is 0.400. The van der Waals surface area contributed by atoms with Crippen molar-refractivity contribution in [3.8, 4) is 0 Å². The maximum atomic E-state index is 11.6. The van der Waals surface area contributed by atoms with Crippen LogP contribution in [-0.2, 0) is 9.59 Å². The first-order chi connectivity index (χ1) is 9.92. The number of benzene rings is 1.